The van der Waals surface area contributed by atoms with E-state index in [9.17, 15) is 0 Å². The van der Waals surface area contributed by atoms with Crippen LogP contribution in [0.5, 0.6) is 0 Å². The molecular weight excluding hydrogens is 270 g/mol. The van der Waals surface area contributed by atoms with Crippen molar-refractivity contribution in [1.29, 1.82) is 0 Å². The Kier molecular flexibility index (Phi) is 3.23. The fraction of sp³-hybridized carbons (Fsp3) is 0.643. The molecule has 2 aromatic rings. The number of nitrogens with zero attached hydrogens (tertiary/aromatic N) is 4. The van der Waals surface area contributed by atoms with Crippen molar-refractivity contribution in [2.75, 3.05) is 25.1 Å². The molecule has 1 N–H and O–H groups in total. The summed E-state index contributed by atoms with van der Waals surface area (Å²) in [7, 11) is 0. The number of anilines is 1. The molecule has 2 atom stereocenters. The van der Waals surface area contributed by atoms with E-state index in [0.717, 1.165) is 17.0 Å². The van der Waals surface area contributed by atoms with Gasteiger partial charge in [-0.25, -0.2) is 15.0 Å². The van der Waals surface area contributed by atoms with Crippen LogP contribution in [0.3, 0.4) is 0 Å². The van der Waals surface area contributed by atoms with Gasteiger partial charge in [0.2, 0.25) is 0 Å². The highest BCUT2D eigenvalue weighted by atomic mass is 16.5. The molecule has 7 heteroatoms. The van der Waals surface area contributed by atoms with Gasteiger partial charge in [-0.15, -0.1) is 0 Å². The predicted octanol–water partition coefficient (Wildman–Crippen LogP) is 1.38. The lowest BCUT2D eigenvalue weighted by Crippen LogP contribution is -2.34. The molecule has 2 fully saturated rings. The summed E-state index contributed by atoms with van der Waals surface area (Å²) in [5, 5.41) is 3.41. The van der Waals surface area contributed by atoms with Crippen LogP contribution in [0.25, 0.3) is 11.2 Å². The van der Waals surface area contributed by atoms with Gasteiger partial charge in [-0.05, 0) is 19.8 Å². The minimum absolute atomic E-state index is 0.0607. The quantitative estimate of drug-likeness (QED) is 0.896. The first-order chi connectivity index (χ1) is 10.4. The molecule has 1 aliphatic carbocycles. The second-order valence-electron chi connectivity index (χ2n) is 5.56. The maximum Gasteiger partial charge on any atom is 0.165 e. The summed E-state index contributed by atoms with van der Waals surface area (Å²) in [6.45, 7) is 3.92. The van der Waals surface area contributed by atoms with Gasteiger partial charge in [0, 0.05) is 12.6 Å². The van der Waals surface area contributed by atoms with Gasteiger partial charge >= 0.3 is 0 Å². The lowest BCUT2D eigenvalue weighted by atomic mass is 10.2. The van der Waals surface area contributed by atoms with E-state index in [2.05, 4.69) is 24.8 Å². The number of hydrogen-bond donors (Lipinski definition) is 1. The van der Waals surface area contributed by atoms with Crippen LogP contribution in [-0.4, -0.2) is 51.5 Å². The number of nitrogens with one attached hydrogen (secondary N) is 1. The lowest BCUT2D eigenvalue weighted by Gasteiger charge is -2.19. The summed E-state index contributed by atoms with van der Waals surface area (Å²) < 4.78 is 13.3. The van der Waals surface area contributed by atoms with Gasteiger partial charge in [0.05, 0.1) is 25.6 Å². The Morgan fingerprint density at radius 3 is 3.05 bits per heavy atom. The number of rotatable bonds is 5. The van der Waals surface area contributed by atoms with E-state index < -0.39 is 0 Å². The highest BCUT2D eigenvalue weighted by Gasteiger charge is 2.30. The van der Waals surface area contributed by atoms with Crippen molar-refractivity contribution < 1.29 is 9.47 Å². The van der Waals surface area contributed by atoms with E-state index >= 15 is 0 Å². The van der Waals surface area contributed by atoms with E-state index in [-0.39, 0.29) is 12.1 Å². The highest BCUT2D eigenvalue weighted by molar-refractivity contribution is 5.83. The zero-order valence-corrected chi connectivity index (χ0v) is 12.0. The Bertz CT molecular complexity index is 639. The first kappa shape index (κ1) is 13.0. The van der Waals surface area contributed by atoms with Gasteiger partial charge in [-0.3, -0.25) is 0 Å². The maximum absolute atomic E-state index is 5.70. The van der Waals surface area contributed by atoms with Crippen molar-refractivity contribution in [3.05, 3.63) is 12.7 Å². The topological polar surface area (TPSA) is 74.1 Å². The van der Waals surface area contributed by atoms with Gasteiger partial charge in [0.1, 0.15) is 17.9 Å². The summed E-state index contributed by atoms with van der Waals surface area (Å²) in [5.41, 5.74) is 1.73. The molecule has 0 unspecified atom stereocenters. The summed E-state index contributed by atoms with van der Waals surface area (Å²) in [5.74, 6) is 0.764. The molecule has 1 saturated heterocycles. The third-order valence-electron chi connectivity index (χ3n) is 4.03. The van der Waals surface area contributed by atoms with Crippen molar-refractivity contribution in [2.24, 2.45) is 0 Å². The van der Waals surface area contributed by atoms with E-state index in [4.69, 9.17) is 9.47 Å². The monoisotopic (exact) mass is 289 g/mol. The van der Waals surface area contributed by atoms with Gasteiger partial charge in [-0.1, -0.05) is 0 Å². The van der Waals surface area contributed by atoms with Crippen LogP contribution in [0.4, 0.5) is 5.82 Å². The molecule has 3 heterocycles. The molecule has 1 saturated carbocycles. The molecule has 0 radical (unpaired) electrons. The van der Waals surface area contributed by atoms with Crippen molar-refractivity contribution >= 4 is 17.0 Å². The zero-order chi connectivity index (χ0) is 14.2. The Hall–Kier alpha value is -1.73. The molecule has 2 aliphatic rings. The SMILES string of the molecule is CCO[C@@H]1COC[C@H]1Nc1ncnc2c1ncn2C1CC1. The average molecular weight is 289 g/mol. The molecule has 112 valence electrons. The Morgan fingerprint density at radius 2 is 2.24 bits per heavy atom. The molecule has 21 heavy (non-hydrogen) atoms. The molecule has 2 aromatic heterocycles. The van der Waals surface area contributed by atoms with Crippen molar-refractivity contribution in [3.8, 4) is 0 Å². The molecular formula is C14H19N5O2. The van der Waals surface area contributed by atoms with Crippen LogP contribution in [0, 0.1) is 0 Å². The summed E-state index contributed by atoms with van der Waals surface area (Å²) in [4.78, 5) is 13.2. The highest BCUT2D eigenvalue weighted by Crippen LogP contribution is 2.37. The number of ether oxygens (including phenoxy) is 2. The van der Waals surface area contributed by atoms with Crippen LogP contribution in [0.2, 0.25) is 0 Å². The molecule has 1 aliphatic heterocycles. The fourth-order valence-corrected chi connectivity index (χ4v) is 2.80. The number of hydrogen-bond acceptors (Lipinski definition) is 6. The van der Waals surface area contributed by atoms with Gasteiger partial charge < -0.3 is 19.4 Å². The van der Waals surface area contributed by atoms with Gasteiger partial charge in [0.15, 0.2) is 11.5 Å². The first-order valence-corrected chi connectivity index (χ1v) is 7.50. The van der Waals surface area contributed by atoms with Crippen molar-refractivity contribution in [3.63, 3.8) is 0 Å². The lowest BCUT2D eigenvalue weighted by molar-refractivity contribution is 0.0478. The van der Waals surface area contributed by atoms with E-state index in [1.165, 1.54) is 12.8 Å². The second-order valence-corrected chi connectivity index (χ2v) is 5.56. The zero-order valence-electron chi connectivity index (χ0n) is 12.0. The molecule has 7 nitrogen and oxygen atoms in total. The maximum atomic E-state index is 5.70. The van der Waals surface area contributed by atoms with Crippen LogP contribution in [0.15, 0.2) is 12.7 Å². The fourth-order valence-electron chi connectivity index (χ4n) is 2.80. The van der Waals surface area contributed by atoms with Crippen LogP contribution in [0.1, 0.15) is 25.8 Å². The van der Waals surface area contributed by atoms with E-state index in [1.807, 2.05) is 13.3 Å². The minimum atomic E-state index is 0.0607. The van der Waals surface area contributed by atoms with E-state index in [1.54, 1.807) is 6.33 Å². The first-order valence-electron chi connectivity index (χ1n) is 7.50. The minimum Gasteiger partial charge on any atom is -0.376 e. The molecule has 0 amide bonds. The van der Waals surface area contributed by atoms with Crippen molar-refractivity contribution in [1.82, 2.24) is 19.5 Å². The summed E-state index contributed by atoms with van der Waals surface area (Å²) >= 11 is 0. The molecule has 0 bridgehead atoms. The smallest absolute Gasteiger partial charge is 0.165 e. The number of aromatic nitrogens is 4. The normalized spacial score (nSPS) is 25.6. The third-order valence-corrected chi connectivity index (χ3v) is 4.03. The van der Waals surface area contributed by atoms with Crippen LogP contribution in [-0.2, 0) is 9.47 Å². The standard InChI is InChI=1S/C14H19N5O2/c1-2-21-11-6-20-5-10(11)18-13-12-14(16-7-15-13)19(8-17-12)9-3-4-9/h7-11H,2-6H2,1H3,(H,15,16,18)/t10-,11-/m1/s1. The largest absolute Gasteiger partial charge is 0.376 e. The Balaban J connectivity index is 1.61. The molecule has 0 aromatic carbocycles. The van der Waals surface area contributed by atoms with Crippen LogP contribution >= 0.6 is 0 Å². The summed E-state index contributed by atoms with van der Waals surface area (Å²) in [6.07, 6.45) is 5.94. The van der Waals surface area contributed by atoms with Gasteiger partial charge in [-0.2, -0.15) is 0 Å². The molecule has 4 rings (SSSR count). The van der Waals surface area contributed by atoms with E-state index in [0.29, 0.717) is 25.9 Å². The van der Waals surface area contributed by atoms with Gasteiger partial charge in [0.25, 0.3) is 0 Å². The Morgan fingerprint density at radius 1 is 1.33 bits per heavy atom. The number of fused-ring (bicyclic) bond motifs is 1. The summed E-state index contributed by atoms with van der Waals surface area (Å²) in [6, 6.07) is 0.665. The van der Waals surface area contributed by atoms with Crippen LogP contribution < -0.4 is 5.32 Å². The second kappa shape index (κ2) is 5.23. The third kappa shape index (κ3) is 2.36. The van der Waals surface area contributed by atoms with Crippen molar-refractivity contribution in [2.45, 2.75) is 38.0 Å². The number of imidazole rings is 1. The predicted molar refractivity (Wildman–Crippen MR) is 77.2 cm³/mol. The Labute approximate surface area is 122 Å². The molecule has 0 spiro atoms. The average Bonchev–Trinajstić information content (AvgIpc) is 3.09.